The summed E-state index contributed by atoms with van der Waals surface area (Å²) in [6.45, 7) is 8.12. The SMILES string of the molecule is Cc1cc(C(=O)N2CCN(C(C)C(=O)O)CC2)sc1C. The molecule has 1 saturated heterocycles. The van der Waals surface area contributed by atoms with Crippen LogP contribution in [0.2, 0.25) is 0 Å². The van der Waals surface area contributed by atoms with Crippen LogP contribution in [0.5, 0.6) is 0 Å². The zero-order chi connectivity index (χ0) is 14.9. The summed E-state index contributed by atoms with van der Waals surface area (Å²) in [6, 6.07) is 1.45. The van der Waals surface area contributed by atoms with Gasteiger partial charge in [0.05, 0.1) is 4.88 Å². The maximum absolute atomic E-state index is 12.4. The van der Waals surface area contributed by atoms with Crippen LogP contribution in [0.25, 0.3) is 0 Å². The van der Waals surface area contributed by atoms with Gasteiger partial charge in [-0.05, 0) is 32.4 Å². The molecule has 6 heteroatoms. The molecule has 1 fully saturated rings. The first-order valence-corrected chi connectivity index (χ1v) is 7.55. The van der Waals surface area contributed by atoms with E-state index < -0.39 is 12.0 Å². The molecular formula is C14H20N2O3S. The monoisotopic (exact) mass is 296 g/mol. The smallest absolute Gasteiger partial charge is 0.320 e. The minimum absolute atomic E-state index is 0.0637. The lowest BCUT2D eigenvalue weighted by Crippen LogP contribution is -2.53. The highest BCUT2D eigenvalue weighted by Crippen LogP contribution is 2.22. The van der Waals surface area contributed by atoms with Crippen LogP contribution in [0, 0.1) is 13.8 Å². The van der Waals surface area contributed by atoms with Gasteiger partial charge in [-0.2, -0.15) is 0 Å². The predicted octanol–water partition coefficient (Wildman–Crippen LogP) is 1.60. The molecule has 1 aromatic heterocycles. The van der Waals surface area contributed by atoms with E-state index in [-0.39, 0.29) is 5.91 Å². The molecule has 0 aromatic carbocycles. The summed E-state index contributed by atoms with van der Waals surface area (Å²) in [7, 11) is 0. The highest BCUT2D eigenvalue weighted by Gasteiger charge is 2.28. The molecule has 1 aliphatic heterocycles. The lowest BCUT2D eigenvalue weighted by atomic mass is 10.2. The van der Waals surface area contributed by atoms with E-state index in [2.05, 4.69) is 0 Å². The summed E-state index contributed by atoms with van der Waals surface area (Å²) in [5.41, 5.74) is 1.15. The Labute approximate surface area is 122 Å². The zero-order valence-corrected chi connectivity index (χ0v) is 12.9. The normalized spacial score (nSPS) is 18.1. The quantitative estimate of drug-likeness (QED) is 0.920. The summed E-state index contributed by atoms with van der Waals surface area (Å²) in [6.07, 6.45) is 0. The van der Waals surface area contributed by atoms with Gasteiger partial charge in [-0.25, -0.2) is 0 Å². The van der Waals surface area contributed by atoms with Crippen molar-refractivity contribution in [3.63, 3.8) is 0 Å². The second kappa shape index (κ2) is 5.93. The number of hydrogen-bond donors (Lipinski definition) is 1. The van der Waals surface area contributed by atoms with E-state index in [1.54, 1.807) is 6.92 Å². The van der Waals surface area contributed by atoms with E-state index in [9.17, 15) is 9.59 Å². The van der Waals surface area contributed by atoms with Crippen LogP contribution in [-0.2, 0) is 4.79 Å². The molecule has 5 nitrogen and oxygen atoms in total. The summed E-state index contributed by atoms with van der Waals surface area (Å²) in [5, 5.41) is 9.00. The molecule has 1 N–H and O–H groups in total. The van der Waals surface area contributed by atoms with Gasteiger partial charge in [-0.3, -0.25) is 14.5 Å². The van der Waals surface area contributed by atoms with Crippen molar-refractivity contribution in [2.75, 3.05) is 26.2 Å². The van der Waals surface area contributed by atoms with Crippen molar-refractivity contribution in [3.05, 3.63) is 21.4 Å². The Bertz CT molecular complexity index is 499. The van der Waals surface area contributed by atoms with Gasteiger partial charge in [0, 0.05) is 31.1 Å². The van der Waals surface area contributed by atoms with E-state index in [1.807, 2.05) is 29.7 Å². The molecule has 0 aliphatic carbocycles. The van der Waals surface area contributed by atoms with Gasteiger partial charge in [0.2, 0.25) is 0 Å². The van der Waals surface area contributed by atoms with Crippen LogP contribution in [0.1, 0.15) is 27.0 Å². The highest BCUT2D eigenvalue weighted by molar-refractivity contribution is 7.14. The van der Waals surface area contributed by atoms with Crippen molar-refractivity contribution in [1.82, 2.24) is 9.80 Å². The standard InChI is InChI=1S/C14H20N2O3S/c1-9-8-12(20-11(9)3)13(17)16-6-4-15(5-7-16)10(2)14(18)19/h8,10H,4-7H2,1-3H3,(H,18,19). The summed E-state index contributed by atoms with van der Waals surface area (Å²) in [4.78, 5) is 29.0. The molecule has 0 spiro atoms. The Morgan fingerprint density at radius 1 is 1.25 bits per heavy atom. The van der Waals surface area contributed by atoms with Gasteiger partial charge in [0.25, 0.3) is 5.91 Å². The van der Waals surface area contributed by atoms with Crippen LogP contribution in [-0.4, -0.2) is 59.0 Å². The second-order valence-corrected chi connectivity index (χ2v) is 6.45. The number of aliphatic carboxylic acids is 1. The number of carbonyl (C=O) groups is 2. The highest BCUT2D eigenvalue weighted by atomic mass is 32.1. The van der Waals surface area contributed by atoms with E-state index in [0.29, 0.717) is 26.2 Å². The largest absolute Gasteiger partial charge is 0.480 e. The van der Waals surface area contributed by atoms with Gasteiger partial charge in [-0.15, -0.1) is 11.3 Å². The first-order chi connectivity index (χ1) is 9.40. The topological polar surface area (TPSA) is 60.9 Å². The fourth-order valence-corrected chi connectivity index (χ4v) is 3.30. The summed E-state index contributed by atoms with van der Waals surface area (Å²) < 4.78 is 0. The molecule has 1 aliphatic rings. The van der Waals surface area contributed by atoms with E-state index in [1.165, 1.54) is 16.2 Å². The van der Waals surface area contributed by atoms with Crippen molar-refractivity contribution in [2.24, 2.45) is 0 Å². The molecule has 0 saturated carbocycles. The Morgan fingerprint density at radius 3 is 2.30 bits per heavy atom. The molecule has 1 amide bonds. The van der Waals surface area contributed by atoms with Crippen molar-refractivity contribution in [1.29, 1.82) is 0 Å². The third-order valence-electron chi connectivity index (χ3n) is 3.88. The predicted molar refractivity (Wildman–Crippen MR) is 78.4 cm³/mol. The Hall–Kier alpha value is -1.40. The molecule has 2 rings (SSSR count). The van der Waals surface area contributed by atoms with Crippen LogP contribution in [0.15, 0.2) is 6.07 Å². The maximum atomic E-state index is 12.4. The molecule has 2 heterocycles. The summed E-state index contributed by atoms with van der Waals surface area (Å²) >= 11 is 1.53. The molecule has 1 unspecified atom stereocenters. The third-order valence-corrected chi connectivity index (χ3v) is 5.02. The van der Waals surface area contributed by atoms with E-state index in [0.717, 1.165) is 10.4 Å². The number of piperazine rings is 1. The van der Waals surface area contributed by atoms with Crippen molar-refractivity contribution < 1.29 is 14.7 Å². The zero-order valence-electron chi connectivity index (χ0n) is 12.0. The lowest BCUT2D eigenvalue weighted by Gasteiger charge is -2.36. The van der Waals surface area contributed by atoms with Gasteiger partial charge >= 0.3 is 5.97 Å². The van der Waals surface area contributed by atoms with Gasteiger partial charge in [-0.1, -0.05) is 0 Å². The summed E-state index contributed by atoms with van der Waals surface area (Å²) in [5.74, 6) is -0.747. The first kappa shape index (κ1) is 15.0. The minimum atomic E-state index is -0.811. The van der Waals surface area contributed by atoms with Gasteiger partial charge < -0.3 is 10.0 Å². The molecular weight excluding hydrogens is 276 g/mol. The van der Waals surface area contributed by atoms with Gasteiger partial charge in [0.1, 0.15) is 6.04 Å². The van der Waals surface area contributed by atoms with E-state index in [4.69, 9.17) is 5.11 Å². The van der Waals surface area contributed by atoms with Crippen molar-refractivity contribution in [3.8, 4) is 0 Å². The Morgan fingerprint density at radius 2 is 1.85 bits per heavy atom. The number of rotatable bonds is 3. The van der Waals surface area contributed by atoms with Crippen LogP contribution >= 0.6 is 11.3 Å². The van der Waals surface area contributed by atoms with Crippen LogP contribution < -0.4 is 0 Å². The number of amides is 1. The fourth-order valence-electron chi connectivity index (χ4n) is 2.30. The number of hydrogen-bond acceptors (Lipinski definition) is 4. The second-order valence-electron chi connectivity index (χ2n) is 5.19. The number of thiophene rings is 1. The number of carbonyl (C=O) groups excluding carboxylic acids is 1. The average molecular weight is 296 g/mol. The molecule has 110 valence electrons. The Balaban J connectivity index is 1.97. The number of nitrogens with zero attached hydrogens (tertiary/aromatic N) is 2. The van der Waals surface area contributed by atoms with Crippen LogP contribution in [0.3, 0.4) is 0 Å². The number of aryl methyl sites for hydroxylation is 2. The molecule has 0 radical (unpaired) electrons. The Kier molecular flexibility index (Phi) is 4.45. The van der Waals surface area contributed by atoms with Crippen molar-refractivity contribution in [2.45, 2.75) is 26.8 Å². The third kappa shape index (κ3) is 3.02. The molecule has 1 aromatic rings. The molecule has 1 atom stereocenters. The molecule has 20 heavy (non-hydrogen) atoms. The minimum Gasteiger partial charge on any atom is -0.480 e. The number of carboxylic acids is 1. The van der Waals surface area contributed by atoms with Gasteiger partial charge in [0.15, 0.2) is 0 Å². The first-order valence-electron chi connectivity index (χ1n) is 6.73. The average Bonchev–Trinajstić information content (AvgIpc) is 2.77. The maximum Gasteiger partial charge on any atom is 0.320 e. The molecule has 0 bridgehead atoms. The lowest BCUT2D eigenvalue weighted by molar-refractivity contribution is -0.143. The van der Waals surface area contributed by atoms with Crippen molar-refractivity contribution >= 4 is 23.2 Å². The fraction of sp³-hybridized carbons (Fsp3) is 0.571. The van der Waals surface area contributed by atoms with Crippen LogP contribution in [0.4, 0.5) is 0 Å². The number of carboxylic acid groups (broad SMARTS) is 1. The van der Waals surface area contributed by atoms with E-state index >= 15 is 0 Å².